The molecule has 0 atom stereocenters. The molecule has 0 aromatic heterocycles. The number of diazo groups is 1. The standard InChI is InChI=1S/C11H12N2O4/c1-15-9-4-7(8(14)6-13-12)5-10(16-2)11(9)17-3/h4-6H,1-3H3/p+1. The minimum absolute atomic E-state index is 0.216. The molecule has 17 heavy (non-hydrogen) atoms. The number of methoxy groups -OCH3 is 3. The summed E-state index contributed by atoms with van der Waals surface area (Å²) in [5.41, 5.74) is 0.386. The van der Waals surface area contributed by atoms with E-state index in [2.05, 4.69) is 4.98 Å². The van der Waals surface area contributed by atoms with Crippen LogP contribution in [0.1, 0.15) is 5.56 Å². The Balaban J connectivity index is 3.38. The minimum atomic E-state index is -0.216. The third kappa shape index (κ3) is 2.58. The second kappa shape index (κ2) is 5.61. The number of aliphatic hydroxyl groups is 1. The first-order valence-electron chi connectivity index (χ1n) is 4.71. The van der Waals surface area contributed by atoms with Gasteiger partial charge in [0.15, 0.2) is 16.5 Å². The van der Waals surface area contributed by atoms with E-state index in [1.54, 1.807) is 12.1 Å². The van der Waals surface area contributed by atoms with Gasteiger partial charge in [0.2, 0.25) is 16.9 Å². The van der Waals surface area contributed by atoms with Gasteiger partial charge in [-0.1, -0.05) is 0 Å². The molecule has 0 heterocycles. The minimum Gasteiger partial charge on any atom is -0.501 e. The van der Waals surface area contributed by atoms with Crippen molar-refractivity contribution in [3.8, 4) is 17.2 Å². The molecule has 0 fully saturated rings. The normalized spacial score (nSPS) is 10.6. The van der Waals surface area contributed by atoms with Crippen LogP contribution >= 0.6 is 0 Å². The van der Waals surface area contributed by atoms with Crippen LogP contribution in [0.2, 0.25) is 0 Å². The number of benzene rings is 1. The number of rotatable bonds is 4. The second-order valence-corrected chi connectivity index (χ2v) is 3.04. The molecular formula is C11H13N2O4+. The summed E-state index contributed by atoms with van der Waals surface area (Å²) in [7, 11) is 4.43. The van der Waals surface area contributed by atoms with Crippen molar-refractivity contribution < 1.29 is 19.3 Å². The van der Waals surface area contributed by atoms with Crippen LogP contribution in [0, 0.1) is 5.39 Å². The van der Waals surface area contributed by atoms with Crippen LogP contribution < -0.4 is 14.2 Å². The van der Waals surface area contributed by atoms with Gasteiger partial charge in [-0.15, -0.1) is 0 Å². The highest BCUT2D eigenvalue weighted by Gasteiger charge is 2.16. The molecule has 0 unspecified atom stereocenters. The molecule has 0 aliphatic heterocycles. The van der Waals surface area contributed by atoms with E-state index in [9.17, 15) is 5.11 Å². The van der Waals surface area contributed by atoms with Crippen LogP contribution in [0.15, 0.2) is 18.3 Å². The van der Waals surface area contributed by atoms with Crippen molar-refractivity contribution in [3.05, 3.63) is 28.9 Å². The van der Waals surface area contributed by atoms with E-state index < -0.39 is 0 Å². The van der Waals surface area contributed by atoms with E-state index >= 15 is 0 Å². The fourth-order valence-corrected chi connectivity index (χ4v) is 1.36. The van der Waals surface area contributed by atoms with Crippen LogP contribution in [0.25, 0.3) is 10.7 Å². The van der Waals surface area contributed by atoms with Gasteiger partial charge >= 0.3 is 6.20 Å². The molecule has 0 saturated heterocycles. The maximum atomic E-state index is 9.58. The average Bonchev–Trinajstić information content (AvgIpc) is 2.37. The number of hydrogen-bond donors (Lipinski definition) is 1. The quantitative estimate of drug-likeness (QED) is 0.642. The molecular weight excluding hydrogens is 224 g/mol. The molecule has 1 N–H and O–H groups in total. The van der Waals surface area contributed by atoms with Gasteiger partial charge in [0, 0.05) is 5.56 Å². The van der Waals surface area contributed by atoms with Crippen LogP contribution in [0.4, 0.5) is 0 Å². The Morgan fingerprint density at radius 1 is 1.18 bits per heavy atom. The van der Waals surface area contributed by atoms with Gasteiger partial charge in [-0.2, -0.15) is 0 Å². The molecule has 90 valence electrons. The van der Waals surface area contributed by atoms with Gasteiger partial charge in [-0.25, -0.2) is 0 Å². The lowest BCUT2D eigenvalue weighted by Crippen LogP contribution is -1.96. The van der Waals surface area contributed by atoms with E-state index in [0.29, 0.717) is 22.8 Å². The average molecular weight is 237 g/mol. The van der Waals surface area contributed by atoms with Crippen LogP contribution in [-0.4, -0.2) is 26.4 Å². The Hall–Kier alpha value is -2.42. The maximum absolute atomic E-state index is 9.58. The first kappa shape index (κ1) is 12.6. The van der Waals surface area contributed by atoms with Crippen molar-refractivity contribution in [2.24, 2.45) is 0 Å². The Morgan fingerprint density at radius 3 is 2.06 bits per heavy atom. The lowest BCUT2D eigenvalue weighted by atomic mass is 10.1. The summed E-state index contributed by atoms with van der Waals surface area (Å²) in [5, 5.41) is 17.9. The predicted molar refractivity (Wildman–Crippen MR) is 61.8 cm³/mol. The highest BCUT2D eigenvalue weighted by atomic mass is 16.5. The van der Waals surface area contributed by atoms with Gasteiger partial charge < -0.3 is 19.3 Å². The number of hydrogen-bond acceptors (Lipinski definition) is 5. The number of ether oxygens (including phenoxy) is 3. The van der Waals surface area contributed by atoms with Gasteiger partial charge in [0.1, 0.15) is 0 Å². The van der Waals surface area contributed by atoms with Gasteiger partial charge in [0.25, 0.3) is 0 Å². The summed E-state index contributed by atoms with van der Waals surface area (Å²) in [6.07, 6.45) is 0.903. The molecule has 6 nitrogen and oxygen atoms in total. The molecule has 0 saturated carbocycles. The Morgan fingerprint density at radius 2 is 1.71 bits per heavy atom. The van der Waals surface area contributed by atoms with Crippen molar-refractivity contribution in [3.63, 3.8) is 0 Å². The van der Waals surface area contributed by atoms with Crippen molar-refractivity contribution in [2.45, 2.75) is 0 Å². The maximum Gasteiger partial charge on any atom is 0.392 e. The van der Waals surface area contributed by atoms with E-state index in [1.807, 2.05) is 0 Å². The van der Waals surface area contributed by atoms with Gasteiger partial charge in [0.05, 0.1) is 21.3 Å². The molecule has 1 aromatic carbocycles. The zero-order valence-corrected chi connectivity index (χ0v) is 9.80. The zero-order chi connectivity index (χ0) is 12.8. The molecule has 6 heteroatoms. The number of aliphatic hydroxyl groups excluding tert-OH is 1. The van der Waals surface area contributed by atoms with Crippen LogP contribution in [-0.2, 0) is 0 Å². The molecule has 0 radical (unpaired) electrons. The molecule has 0 bridgehead atoms. The largest absolute Gasteiger partial charge is 0.501 e. The molecule has 0 spiro atoms. The zero-order valence-electron chi connectivity index (χ0n) is 9.80. The van der Waals surface area contributed by atoms with Gasteiger partial charge in [-0.3, -0.25) is 0 Å². The third-order valence-electron chi connectivity index (χ3n) is 2.14. The van der Waals surface area contributed by atoms with Crippen LogP contribution in [0.3, 0.4) is 0 Å². The smallest absolute Gasteiger partial charge is 0.392 e. The summed E-state index contributed by atoms with van der Waals surface area (Å²) in [6, 6.07) is 3.08. The van der Waals surface area contributed by atoms with E-state index in [1.165, 1.54) is 21.3 Å². The van der Waals surface area contributed by atoms with Crippen molar-refractivity contribution in [1.82, 2.24) is 0 Å². The Bertz CT molecular complexity index is 452. The number of nitrogens with zero attached hydrogens (tertiary/aromatic N) is 2. The lowest BCUT2D eigenvalue weighted by molar-refractivity contribution is 0.324. The van der Waals surface area contributed by atoms with E-state index in [0.717, 1.165) is 6.20 Å². The van der Waals surface area contributed by atoms with Crippen molar-refractivity contribution in [2.75, 3.05) is 21.3 Å². The monoisotopic (exact) mass is 237 g/mol. The Kier molecular flexibility index (Phi) is 4.17. The molecule has 0 amide bonds. The van der Waals surface area contributed by atoms with Crippen molar-refractivity contribution >= 4 is 5.76 Å². The highest BCUT2D eigenvalue weighted by Crippen LogP contribution is 2.39. The summed E-state index contributed by atoms with van der Waals surface area (Å²) >= 11 is 0. The van der Waals surface area contributed by atoms with E-state index in [4.69, 9.17) is 19.6 Å². The van der Waals surface area contributed by atoms with E-state index in [-0.39, 0.29) is 5.76 Å². The first-order chi connectivity index (χ1) is 8.17. The molecule has 0 aliphatic rings. The summed E-state index contributed by atoms with van der Waals surface area (Å²) in [6.45, 7) is 0. The first-order valence-corrected chi connectivity index (χ1v) is 4.71. The molecule has 0 aliphatic carbocycles. The highest BCUT2D eigenvalue weighted by molar-refractivity contribution is 5.67. The summed E-state index contributed by atoms with van der Waals surface area (Å²) in [5.74, 6) is 1.01. The third-order valence-corrected chi connectivity index (χ3v) is 2.14. The fraction of sp³-hybridized carbons (Fsp3) is 0.273. The molecule has 1 aromatic rings. The fourth-order valence-electron chi connectivity index (χ4n) is 1.36. The SMILES string of the molecule is COc1cc(C(O)=C[N+]#N)cc(OC)c1OC. The predicted octanol–water partition coefficient (Wildman–Crippen LogP) is 2.42. The Labute approximate surface area is 98.7 Å². The summed E-state index contributed by atoms with van der Waals surface area (Å²) < 4.78 is 15.4. The van der Waals surface area contributed by atoms with Gasteiger partial charge in [-0.05, 0) is 12.1 Å². The topological polar surface area (TPSA) is 76.1 Å². The van der Waals surface area contributed by atoms with Crippen molar-refractivity contribution in [1.29, 1.82) is 5.39 Å². The second-order valence-electron chi connectivity index (χ2n) is 3.04. The molecule has 1 rings (SSSR count). The summed E-state index contributed by atoms with van der Waals surface area (Å²) in [4.78, 5) is 2.74. The lowest BCUT2D eigenvalue weighted by Gasteiger charge is -2.13. The van der Waals surface area contributed by atoms with Crippen LogP contribution in [0.5, 0.6) is 17.2 Å².